The van der Waals surface area contributed by atoms with Crippen LogP contribution < -0.4 is 4.74 Å². The number of carbonyl (C=O) groups excluding carboxylic acids is 1. The maximum absolute atomic E-state index is 13.3. The molecule has 202 valence electrons. The number of nitro groups is 2. The summed E-state index contributed by atoms with van der Waals surface area (Å²) in [6, 6.07) is 11.6. The van der Waals surface area contributed by atoms with Crippen LogP contribution in [0.2, 0.25) is 5.02 Å². The number of amides is 1. The molecular weight excluding hydrogens is 545 g/mol. The molecule has 0 bridgehead atoms. The van der Waals surface area contributed by atoms with Gasteiger partial charge in [0.2, 0.25) is 5.91 Å². The zero-order valence-corrected chi connectivity index (χ0v) is 21.0. The third-order valence-corrected chi connectivity index (χ3v) is 6.19. The highest BCUT2D eigenvalue weighted by Gasteiger charge is 2.40. The van der Waals surface area contributed by atoms with Crippen LogP contribution in [0.3, 0.4) is 0 Å². The average molecular weight is 563 g/mol. The highest BCUT2D eigenvalue weighted by Crippen LogP contribution is 2.46. The molecule has 3 aromatic rings. The summed E-state index contributed by atoms with van der Waals surface area (Å²) >= 11 is 6.23. The number of hydrogen-bond acceptors (Lipinski definition) is 7. The van der Waals surface area contributed by atoms with Gasteiger partial charge in [-0.25, -0.2) is 5.01 Å². The van der Waals surface area contributed by atoms with Gasteiger partial charge < -0.3 is 4.74 Å². The van der Waals surface area contributed by atoms with Crippen LogP contribution in [0.5, 0.6) is 11.5 Å². The minimum atomic E-state index is -5.08. The SMILES string of the molecule is CC(=O)N1CC(c2cc(Cl)ccc2Oc2c([N+](=O)[O-])cc(C(F)(F)F)cc2[N+](=O)[O-])C(c2ccc(C)cc2)=N1. The molecule has 0 aliphatic carbocycles. The predicted octanol–water partition coefficient (Wildman–Crippen LogP) is 6.63. The van der Waals surface area contributed by atoms with Crippen molar-refractivity contribution < 1.29 is 32.5 Å². The number of nitro benzene ring substituents is 2. The monoisotopic (exact) mass is 562 g/mol. The largest absolute Gasteiger partial charge is 0.444 e. The lowest BCUT2D eigenvalue weighted by Crippen LogP contribution is -2.23. The minimum Gasteiger partial charge on any atom is -0.444 e. The summed E-state index contributed by atoms with van der Waals surface area (Å²) < 4.78 is 45.7. The van der Waals surface area contributed by atoms with E-state index in [0.717, 1.165) is 5.56 Å². The first-order valence-corrected chi connectivity index (χ1v) is 11.6. The van der Waals surface area contributed by atoms with Crippen molar-refractivity contribution in [3.8, 4) is 11.5 Å². The van der Waals surface area contributed by atoms with E-state index in [1.54, 1.807) is 12.1 Å². The number of rotatable bonds is 6. The molecule has 1 heterocycles. The summed E-state index contributed by atoms with van der Waals surface area (Å²) in [5.74, 6) is -2.21. The molecule has 0 fully saturated rings. The van der Waals surface area contributed by atoms with Crippen LogP contribution >= 0.6 is 11.6 Å². The van der Waals surface area contributed by atoms with E-state index in [0.29, 0.717) is 11.3 Å². The van der Waals surface area contributed by atoms with Crippen molar-refractivity contribution in [2.75, 3.05) is 6.54 Å². The molecule has 1 amide bonds. The molecule has 10 nitrogen and oxygen atoms in total. The maximum Gasteiger partial charge on any atom is 0.416 e. The molecule has 3 aromatic carbocycles. The predicted molar refractivity (Wildman–Crippen MR) is 134 cm³/mol. The number of alkyl halides is 3. The van der Waals surface area contributed by atoms with Crippen LogP contribution in [0.25, 0.3) is 0 Å². The van der Waals surface area contributed by atoms with E-state index in [1.165, 1.54) is 30.1 Å². The van der Waals surface area contributed by atoms with Crippen molar-refractivity contribution in [3.05, 3.63) is 102 Å². The highest BCUT2D eigenvalue weighted by molar-refractivity contribution is 6.30. The fourth-order valence-electron chi connectivity index (χ4n) is 4.06. The van der Waals surface area contributed by atoms with Crippen molar-refractivity contribution in [1.82, 2.24) is 5.01 Å². The first-order chi connectivity index (χ1) is 18.3. The second kappa shape index (κ2) is 10.3. The van der Waals surface area contributed by atoms with Gasteiger partial charge in [0.15, 0.2) is 0 Å². The molecule has 0 spiro atoms. The Kier molecular flexibility index (Phi) is 7.29. The molecule has 0 radical (unpaired) electrons. The Balaban J connectivity index is 1.88. The van der Waals surface area contributed by atoms with Gasteiger partial charge in [-0.2, -0.15) is 18.3 Å². The van der Waals surface area contributed by atoms with Gasteiger partial charge in [0.25, 0.3) is 5.75 Å². The van der Waals surface area contributed by atoms with Crippen LogP contribution in [0.1, 0.15) is 35.1 Å². The lowest BCUT2D eigenvalue weighted by Gasteiger charge is -2.19. The maximum atomic E-state index is 13.3. The van der Waals surface area contributed by atoms with Crippen LogP contribution in [-0.4, -0.2) is 33.0 Å². The van der Waals surface area contributed by atoms with E-state index < -0.39 is 44.6 Å². The molecule has 39 heavy (non-hydrogen) atoms. The van der Waals surface area contributed by atoms with Crippen molar-refractivity contribution in [1.29, 1.82) is 0 Å². The molecule has 4 rings (SSSR count). The number of carbonyl (C=O) groups is 1. The van der Waals surface area contributed by atoms with Gasteiger partial charge in [0, 0.05) is 29.6 Å². The number of nitrogens with zero attached hydrogens (tertiary/aromatic N) is 4. The van der Waals surface area contributed by atoms with E-state index in [2.05, 4.69) is 5.10 Å². The summed E-state index contributed by atoms with van der Waals surface area (Å²) in [5.41, 5.74) is -1.78. The van der Waals surface area contributed by atoms with Crippen molar-refractivity contribution in [3.63, 3.8) is 0 Å². The van der Waals surface area contributed by atoms with Gasteiger partial charge in [0.1, 0.15) is 5.75 Å². The van der Waals surface area contributed by atoms with Crippen LogP contribution in [0, 0.1) is 27.2 Å². The molecule has 1 unspecified atom stereocenters. The van der Waals surface area contributed by atoms with Gasteiger partial charge in [-0.3, -0.25) is 25.0 Å². The first kappa shape index (κ1) is 27.5. The van der Waals surface area contributed by atoms with Crippen LogP contribution in [-0.2, 0) is 11.0 Å². The third kappa shape index (κ3) is 5.67. The fraction of sp³-hybridized carbons (Fsp3) is 0.200. The third-order valence-electron chi connectivity index (χ3n) is 5.95. The van der Waals surface area contributed by atoms with Crippen molar-refractivity contribution in [2.45, 2.75) is 25.9 Å². The molecule has 1 atom stereocenters. The molecule has 0 saturated carbocycles. The summed E-state index contributed by atoms with van der Waals surface area (Å²) in [6.07, 6.45) is -5.08. The molecule has 1 aliphatic rings. The normalized spacial score (nSPS) is 15.2. The Hall–Kier alpha value is -4.52. The van der Waals surface area contributed by atoms with Crippen molar-refractivity contribution >= 4 is 34.6 Å². The van der Waals surface area contributed by atoms with E-state index in [4.69, 9.17) is 16.3 Å². The number of halogens is 4. The Morgan fingerprint density at radius 3 is 2.15 bits per heavy atom. The molecule has 1 aliphatic heterocycles. The number of hydrogen-bond donors (Lipinski definition) is 0. The Morgan fingerprint density at radius 1 is 1.05 bits per heavy atom. The summed E-state index contributed by atoms with van der Waals surface area (Å²) in [4.78, 5) is 33.2. The first-order valence-electron chi connectivity index (χ1n) is 11.2. The van der Waals surface area contributed by atoms with E-state index in [1.807, 2.05) is 19.1 Å². The van der Waals surface area contributed by atoms with Gasteiger partial charge in [-0.05, 0) is 30.7 Å². The van der Waals surface area contributed by atoms with Gasteiger partial charge in [-0.1, -0.05) is 41.4 Å². The number of aryl methyl sites for hydroxylation is 1. The van der Waals surface area contributed by atoms with Crippen LogP contribution in [0.15, 0.2) is 59.7 Å². The van der Waals surface area contributed by atoms with E-state index in [-0.39, 0.29) is 40.9 Å². The Labute approximate surface area is 223 Å². The quantitative estimate of drug-likeness (QED) is 0.245. The smallest absolute Gasteiger partial charge is 0.416 e. The van der Waals surface area contributed by atoms with Gasteiger partial charge >= 0.3 is 17.6 Å². The fourth-order valence-corrected chi connectivity index (χ4v) is 4.24. The summed E-state index contributed by atoms with van der Waals surface area (Å²) in [7, 11) is 0. The molecule has 0 aromatic heterocycles. The average Bonchev–Trinajstić information content (AvgIpc) is 3.30. The minimum absolute atomic E-state index is 0.0203. The molecule has 0 N–H and O–H groups in total. The Bertz CT molecular complexity index is 1490. The standard InChI is InChI=1S/C25H18ClF3N4O6/c1-13-3-5-15(6-4-13)23-19(12-31(30-23)14(2)34)18-11-17(26)7-8-22(18)39-24-20(32(35)36)9-16(25(27,28)29)10-21(24)33(37)38/h3-11,19H,12H2,1-2H3. The number of hydrazone groups is 1. The summed E-state index contributed by atoms with van der Waals surface area (Å²) in [5, 5.41) is 29.2. The number of ether oxygens (including phenoxy) is 1. The zero-order chi connectivity index (χ0) is 28.6. The zero-order valence-electron chi connectivity index (χ0n) is 20.2. The van der Waals surface area contributed by atoms with Gasteiger partial charge in [-0.15, -0.1) is 0 Å². The van der Waals surface area contributed by atoms with Crippen LogP contribution in [0.4, 0.5) is 24.5 Å². The second-order valence-corrected chi connectivity index (χ2v) is 9.08. The highest BCUT2D eigenvalue weighted by atomic mass is 35.5. The second-order valence-electron chi connectivity index (χ2n) is 8.64. The Morgan fingerprint density at radius 2 is 1.64 bits per heavy atom. The van der Waals surface area contributed by atoms with E-state index >= 15 is 0 Å². The molecule has 14 heteroatoms. The van der Waals surface area contributed by atoms with Crippen molar-refractivity contribution in [2.24, 2.45) is 5.10 Å². The lowest BCUT2D eigenvalue weighted by atomic mass is 9.89. The van der Waals surface area contributed by atoms with Gasteiger partial charge in [0.05, 0.1) is 33.6 Å². The molecule has 0 saturated heterocycles. The lowest BCUT2D eigenvalue weighted by molar-refractivity contribution is -0.396. The van der Waals surface area contributed by atoms with E-state index in [9.17, 15) is 38.2 Å². The molecular formula is C25H18ClF3N4O6. The topological polar surface area (TPSA) is 128 Å². The number of benzene rings is 3. The summed E-state index contributed by atoms with van der Waals surface area (Å²) in [6.45, 7) is 3.21.